The molecule has 1 aliphatic heterocycles. The lowest BCUT2D eigenvalue weighted by molar-refractivity contribution is -0.123. The van der Waals surface area contributed by atoms with Gasteiger partial charge in [0.25, 0.3) is 5.91 Å². The average molecular weight is 392 g/mol. The van der Waals surface area contributed by atoms with Crippen LogP contribution in [-0.2, 0) is 11.2 Å². The van der Waals surface area contributed by atoms with Crippen molar-refractivity contribution in [1.82, 2.24) is 15.7 Å². The Morgan fingerprint density at radius 3 is 2.76 bits per heavy atom. The number of nitrogens with one attached hydrogen (secondary N) is 3. The first-order chi connectivity index (χ1) is 14.1. The summed E-state index contributed by atoms with van der Waals surface area (Å²) in [5.41, 5.74) is 6.87. The highest BCUT2D eigenvalue weighted by Gasteiger charge is 2.30. The molecule has 29 heavy (non-hydrogen) atoms. The number of aromatic nitrogens is 1. The molecule has 0 bridgehead atoms. The number of nitrogens with zero attached hydrogens (tertiary/aromatic N) is 1. The Balaban J connectivity index is 1.46. The van der Waals surface area contributed by atoms with Crippen LogP contribution in [0, 0.1) is 0 Å². The lowest BCUT2D eigenvalue weighted by Gasteiger charge is -2.27. The van der Waals surface area contributed by atoms with Gasteiger partial charge >= 0.3 is 0 Å². The highest BCUT2D eigenvalue weighted by atomic mass is 16.5. The van der Waals surface area contributed by atoms with Crippen molar-refractivity contribution in [3.05, 3.63) is 59.3 Å². The predicted molar refractivity (Wildman–Crippen MR) is 113 cm³/mol. The molecule has 7 nitrogen and oxygen atoms in total. The maximum absolute atomic E-state index is 12.7. The van der Waals surface area contributed by atoms with Gasteiger partial charge in [-0.15, -0.1) is 0 Å². The van der Waals surface area contributed by atoms with E-state index in [1.54, 1.807) is 32.6 Å². The molecule has 0 spiro atoms. The van der Waals surface area contributed by atoms with Crippen LogP contribution in [0.1, 0.15) is 29.8 Å². The molecule has 0 saturated heterocycles. The van der Waals surface area contributed by atoms with Gasteiger partial charge in [0, 0.05) is 22.6 Å². The highest BCUT2D eigenvalue weighted by Crippen LogP contribution is 2.31. The van der Waals surface area contributed by atoms with Gasteiger partial charge < -0.3 is 14.5 Å². The number of para-hydroxylation sites is 1. The number of carbonyl (C=O) groups excluding carboxylic acids is 1. The Kier molecular flexibility index (Phi) is 5.22. The molecule has 2 aromatic carbocycles. The standard InChI is InChI=1S/C22H24N4O3/c1-13-21-16(15-6-4-5-7-17(15)25-21)11-18(24-13)22(27)26-23-12-14-8-9-19(28-2)20(10-14)29-3/h4-10,12-13,18,24-25H,11H2,1-3H3,(H,26,27)/b23-12+/t13-,18-/m0/s1. The summed E-state index contributed by atoms with van der Waals surface area (Å²) in [6, 6.07) is 13.3. The molecular weight excluding hydrogens is 368 g/mol. The number of rotatable bonds is 5. The summed E-state index contributed by atoms with van der Waals surface area (Å²) in [6.45, 7) is 2.06. The number of hydrogen-bond acceptors (Lipinski definition) is 5. The molecule has 1 aromatic heterocycles. The van der Waals surface area contributed by atoms with Gasteiger partial charge in [0.2, 0.25) is 0 Å². The van der Waals surface area contributed by atoms with Crippen molar-refractivity contribution in [1.29, 1.82) is 0 Å². The first-order valence-electron chi connectivity index (χ1n) is 9.51. The van der Waals surface area contributed by atoms with Crippen molar-refractivity contribution in [3.63, 3.8) is 0 Å². The molecule has 0 radical (unpaired) electrons. The molecular formula is C22H24N4O3. The lowest BCUT2D eigenvalue weighted by atomic mass is 9.94. The second kappa shape index (κ2) is 7.97. The largest absolute Gasteiger partial charge is 0.493 e. The Morgan fingerprint density at radius 1 is 1.17 bits per heavy atom. The van der Waals surface area contributed by atoms with Crippen molar-refractivity contribution in [3.8, 4) is 11.5 Å². The van der Waals surface area contributed by atoms with Crippen molar-refractivity contribution in [2.24, 2.45) is 5.10 Å². The van der Waals surface area contributed by atoms with E-state index in [9.17, 15) is 4.79 Å². The first kappa shape index (κ1) is 19.0. The molecule has 0 fully saturated rings. The fourth-order valence-electron chi connectivity index (χ4n) is 3.81. The summed E-state index contributed by atoms with van der Waals surface area (Å²) in [5, 5.41) is 8.64. The van der Waals surface area contributed by atoms with E-state index >= 15 is 0 Å². The van der Waals surface area contributed by atoms with Gasteiger partial charge in [-0.25, -0.2) is 5.43 Å². The number of ether oxygens (including phenoxy) is 2. The zero-order valence-corrected chi connectivity index (χ0v) is 16.7. The molecule has 0 unspecified atom stereocenters. The maximum Gasteiger partial charge on any atom is 0.257 e. The third-order valence-electron chi connectivity index (χ3n) is 5.25. The Morgan fingerprint density at radius 2 is 1.97 bits per heavy atom. The van der Waals surface area contributed by atoms with E-state index in [0.717, 1.165) is 16.8 Å². The van der Waals surface area contributed by atoms with Gasteiger partial charge in [0.15, 0.2) is 11.5 Å². The molecule has 2 atom stereocenters. The highest BCUT2D eigenvalue weighted by molar-refractivity contribution is 5.89. The van der Waals surface area contributed by atoms with E-state index in [1.807, 2.05) is 18.2 Å². The summed E-state index contributed by atoms with van der Waals surface area (Å²) < 4.78 is 10.5. The Bertz CT molecular complexity index is 1070. The SMILES string of the molecule is COc1ccc(/C=N/NC(=O)[C@@H]2Cc3c([nH]c4ccccc34)[C@H](C)N2)cc1OC. The van der Waals surface area contributed by atoms with E-state index in [4.69, 9.17) is 9.47 Å². The summed E-state index contributed by atoms with van der Waals surface area (Å²) >= 11 is 0. The summed E-state index contributed by atoms with van der Waals surface area (Å²) in [7, 11) is 3.17. The zero-order chi connectivity index (χ0) is 20.4. The van der Waals surface area contributed by atoms with Crippen LogP contribution in [0.2, 0.25) is 0 Å². The molecule has 150 valence electrons. The van der Waals surface area contributed by atoms with Crippen molar-refractivity contribution in [2.45, 2.75) is 25.4 Å². The van der Waals surface area contributed by atoms with Gasteiger partial charge in [0.05, 0.1) is 26.5 Å². The smallest absolute Gasteiger partial charge is 0.257 e. The Labute approximate surface area is 169 Å². The van der Waals surface area contributed by atoms with Crippen molar-refractivity contribution >= 4 is 23.0 Å². The van der Waals surface area contributed by atoms with E-state index in [2.05, 4.69) is 39.9 Å². The molecule has 2 heterocycles. The lowest BCUT2D eigenvalue weighted by Crippen LogP contribution is -2.47. The number of amides is 1. The molecule has 0 saturated carbocycles. The molecule has 1 amide bonds. The van der Waals surface area contributed by atoms with Crippen LogP contribution in [0.4, 0.5) is 0 Å². The third-order valence-corrected chi connectivity index (χ3v) is 5.25. The number of hydrogen-bond donors (Lipinski definition) is 3. The van der Waals surface area contributed by atoms with Crippen LogP contribution in [0.15, 0.2) is 47.6 Å². The second-order valence-corrected chi connectivity index (χ2v) is 7.06. The Hall–Kier alpha value is -3.32. The summed E-state index contributed by atoms with van der Waals surface area (Å²) in [6.07, 6.45) is 2.20. The number of hydrazone groups is 1. The molecule has 3 aromatic rings. The van der Waals surface area contributed by atoms with E-state index in [1.165, 1.54) is 10.9 Å². The summed E-state index contributed by atoms with van der Waals surface area (Å²) in [5.74, 6) is 1.09. The second-order valence-electron chi connectivity index (χ2n) is 7.06. The zero-order valence-electron chi connectivity index (χ0n) is 16.7. The van der Waals surface area contributed by atoms with Gasteiger partial charge in [-0.3, -0.25) is 10.1 Å². The molecule has 1 aliphatic rings. The average Bonchev–Trinajstić information content (AvgIpc) is 3.13. The van der Waals surface area contributed by atoms with Crippen LogP contribution in [0.5, 0.6) is 11.5 Å². The van der Waals surface area contributed by atoms with Gasteiger partial charge in [-0.1, -0.05) is 18.2 Å². The van der Waals surface area contributed by atoms with Gasteiger partial charge in [-0.05, 0) is 48.7 Å². The minimum absolute atomic E-state index is 0.0525. The molecule has 7 heteroatoms. The molecule has 0 aliphatic carbocycles. The van der Waals surface area contributed by atoms with Crippen LogP contribution in [0.25, 0.3) is 10.9 Å². The van der Waals surface area contributed by atoms with E-state index in [-0.39, 0.29) is 18.0 Å². The van der Waals surface area contributed by atoms with E-state index < -0.39 is 0 Å². The number of carbonyl (C=O) groups is 1. The maximum atomic E-state index is 12.7. The quantitative estimate of drug-likeness (QED) is 0.460. The minimum Gasteiger partial charge on any atom is -0.493 e. The fraction of sp³-hybridized carbons (Fsp3) is 0.273. The number of fused-ring (bicyclic) bond motifs is 3. The fourth-order valence-corrected chi connectivity index (χ4v) is 3.81. The third kappa shape index (κ3) is 3.69. The van der Waals surface area contributed by atoms with Crippen LogP contribution >= 0.6 is 0 Å². The number of H-pyrrole nitrogens is 1. The van der Waals surface area contributed by atoms with Crippen molar-refractivity contribution in [2.75, 3.05) is 14.2 Å². The number of benzene rings is 2. The summed E-state index contributed by atoms with van der Waals surface area (Å²) in [4.78, 5) is 16.1. The normalized spacial score (nSPS) is 18.6. The van der Waals surface area contributed by atoms with E-state index in [0.29, 0.717) is 17.9 Å². The van der Waals surface area contributed by atoms with Crippen LogP contribution in [-0.4, -0.2) is 37.4 Å². The monoisotopic (exact) mass is 392 g/mol. The number of aromatic amines is 1. The topological polar surface area (TPSA) is 87.7 Å². The van der Waals surface area contributed by atoms with Gasteiger partial charge in [0.1, 0.15) is 0 Å². The first-order valence-corrected chi connectivity index (χ1v) is 9.51. The van der Waals surface area contributed by atoms with Crippen LogP contribution < -0.4 is 20.2 Å². The minimum atomic E-state index is -0.348. The van der Waals surface area contributed by atoms with Crippen molar-refractivity contribution < 1.29 is 14.3 Å². The molecule has 4 rings (SSSR count). The van der Waals surface area contributed by atoms with Crippen LogP contribution in [0.3, 0.4) is 0 Å². The van der Waals surface area contributed by atoms with Gasteiger partial charge in [-0.2, -0.15) is 5.10 Å². The number of methoxy groups -OCH3 is 2. The molecule has 3 N–H and O–H groups in total. The predicted octanol–water partition coefficient (Wildman–Crippen LogP) is 2.91.